The largest absolute Gasteiger partial charge is 0.495 e. The number of sulfonamides is 1. The minimum Gasteiger partial charge on any atom is -0.495 e. The van der Waals surface area contributed by atoms with Crippen molar-refractivity contribution in [1.29, 1.82) is 0 Å². The maximum Gasteiger partial charge on any atom is 0.417 e. The number of ether oxygens (including phenoxy) is 2. The van der Waals surface area contributed by atoms with Gasteiger partial charge in [-0.25, -0.2) is 18.1 Å². The number of imide groups is 1. The van der Waals surface area contributed by atoms with Crippen LogP contribution in [0.5, 0.6) is 5.75 Å². The Hall–Kier alpha value is -1.84. The number of carbonyl (C=O) groups is 2. The third-order valence-corrected chi connectivity index (χ3v) is 6.09. The van der Waals surface area contributed by atoms with E-state index in [1.165, 1.54) is 29.6 Å². The van der Waals surface area contributed by atoms with Gasteiger partial charge in [0.1, 0.15) is 5.75 Å². The zero-order valence-electron chi connectivity index (χ0n) is 12.8. The highest BCUT2D eigenvalue weighted by Gasteiger charge is 2.41. The number of benzene rings is 1. The van der Waals surface area contributed by atoms with Gasteiger partial charge in [0.05, 0.1) is 17.0 Å². The van der Waals surface area contributed by atoms with Crippen LogP contribution < -0.4 is 4.74 Å². The number of hydrogen-bond acceptors (Lipinski definition) is 6. The minimum atomic E-state index is -3.67. The second-order valence-electron chi connectivity index (χ2n) is 5.54. The van der Waals surface area contributed by atoms with E-state index in [-0.39, 0.29) is 42.1 Å². The lowest BCUT2D eigenvalue weighted by Crippen LogP contribution is -2.54. The molecule has 0 unspecified atom stereocenters. The van der Waals surface area contributed by atoms with Crippen LogP contribution in [0.1, 0.15) is 0 Å². The summed E-state index contributed by atoms with van der Waals surface area (Å²) in [5.74, 6) is -0.116. The summed E-state index contributed by atoms with van der Waals surface area (Å²) < 4.78 is 36.0. The fourth-order valence-corrected chi connectivity index (χ4v) is 4.55. The molecule has 2 amide bonds. The maximum absolute atomic E-state index is 12.5. The average molecular weight is 375 g/mol. The lowest BCUT2D eigenvalue weighted by molar-refractivity contribution is -0.126. The smallest absolute Gasteiger partial charge is 0.417 e. The van der Waals surface area contributed by atoms with Crippen molar-refractivity contribution in [1.82, 2.24) is 9.21 Å². The predicted molar refractivity (Wildman–Crippen MR) is 83.3 cm³/mol. The van der Waals surface area contributed by atoms with E-state index in [9.17, 15) is 18.0 Å². The molecule has 130 valence electrons. The second kappa shape index (κ2) is 6.23. The highest BCUT2D eigenvalue weighted by atomic mass is 35.5. The summed E-state index contributed by atoms with van der Waals surface area (Å²) in [7, 11) is -2.23. The Morgan fingerprint density at radius 3 is 2.58 bits per heavy atom. The third-order valence-electron chi connectivity index (χ3n) is 3.97. The van der Waals surface area contributed by atoms with Crippen molar-refractivity contribution in [2.75, 3.05) is 33.4 Å². The van der Waals surface area contributed by atoms with Crippen molar-refractivity contribution < 1.29 is 27.5 Å². The molecular weight excluding hydrogens is 360 g/mol. The van der Waals surface area contributed by atoms with Gasteiger partial charge in [0, 0.05) is 25.6 Å². The quantitative estimate of drug-likeness (QED) is 0.761. The lowest BCUT2D eigenvalue weighted by atomic mass is 10.0. The van der Waals surface area contributed by atoms with Crippen LogP contribution in [0.4, 0.5) is 4.79 Å². The first-order valence-electron chi connectivity index (χ1n) is 7.13. The summed E-state index contributed by atoms with van der Waals surface area (Å²) in [5, 5.41) is 0.209. The highest BCUT2D eigenvalue weighted by Crippen LogP contribution is 2.31. The Kier molecular flexibility index (Phi) is 4.41. The van der Waals surface area contributed by atoms with Crippen molar-refractivity contribution in [3.8, 4) is 5.75 Å². The fraction of sp³-hybridized carbons (Fsp3) is 0.429. The molecule has 0 spiro atoms. The molecule has 2 aliphatic rings. The van der Waals surface area contributed by atoms with Crippen LogP contribution in [0.15, 0.2) is 23.1 Å². The number of hydrogen-bond donors (Lipinski definition) is 0. The molecule has 3 rings (SSSR count). The summed E-state index contributed by atoms with van der Waals surface area (Å²) in [6.45, 7) is 0.358. The standard InChI is InChI=1S/C14H15ClN2O6S/c1-22-12-3-2-10(4-11(12)15)24(20,21)16-5-9(6-16)7-17-13(18)8-23-14(17)19/h2-4,9H,5-8H2,1H3. The van der Waals surface area contributed by atoms with Crippen LogP contribution in [0.2, 0.25) is 5.02 Å². The Balaban J connectivity index is 1.65. The normalized spacial score (nSPS) is 19.3. The molecule has 0 aliphatic carbocycles. The summed E-state index contributed by atoms with van der Waals surface area (Å²) in [4.78, 5) is 23.9. The molecule has 24 heavy (non-hydrogen) atoms. The maximum atomic E-state index is 12.5. The summed E-state index contributed by atoms with van der Waals surface area (Å²) in [6, 6.07) is 4.25. The van der Waals surface area contributed by atoms with E-state index < -0.39 is 22.0 Å². The molecule has 0 radical (unpaired) electrons. The SMILES string of the molecule is COc1ccc(S(=O)(=O)N2CC(CN3C(=O)COC3=O)C2)cc1Cl. The van der Waals surface area contributed by atoms with Crippen LogP contribution >= 0.6 is 11.6 Å². The lowest BCUT2D eigenvalue weighted by Gasteiger charge is -2.39. The van der Waals surface area contributed by atoms with Crippen molar-refractivity contribution in [3.05, 3.63) is 23.2 Å². The molecule has 2 aliphatic heterocycles. The van der Waals surface area contributed by atoms with E-state index in [0.717, 1.165) is 4.90 Å². The molecule has 0 N–H and O–H groups in total. The van der Waals surface area contributed by atoms with Crippen LogP contribution in [-0.4, -0.2) is 63.0 Å². The van der Waals surface area contributed by atoms with Gasteiger partial charge in [-0.15, -0.1) is 0 Å². The van der Waals surface area contributed by atoms with Crippen LogP contribution in [0.25, 0.3) is 0 Å². The fourth-order valence-electron chi connectivity index (χ4n) is 2.61. The first kappa shape index (κ1) is 17.0. The van der Waals surface area contributed by atoms with Crippen molar-refractivity contribution in [2.45, 2.75) is 4.90 Å². The van der Waals surface area contributed by atoms with Crippen molar-refractivity contribution >= 4 is 33.6 Å². The van der Waals surface area contributed by atoms with Crippen LogP contribution in [-0.2, 0) is 19.6 Å². The van der Waals surface area contributed by atoms with Crippen LogP contribution in [0.3, 0.4) is 0 Å². The van der Waals surface area contributed by atoms with Gasteiger partial charge in [0.25, 0.3) is 5.91 Å². The zero-order valence-corrected chi connectivity index (χ0v) is 14.3. The van der Waals surface area contributed by atoms with Crippen LogP contribution in [0, 0.1) is 5.92 Å². The number of halogens is 1. The molecule has 0 aromatic heterocycles. The Bertz CT molecular complexity index is 774. The molecule has 0 bridgehead atoms. The van der Waals surface area contributed by atoms with Gasteiger partial charge < -0.3 is 9.47 Å². The molecule has 2 heterocycles. The summed E-state index contributed by atoms with van der Waals surface area (Å²) in [6.07, 6.45) is -0.678. The van der Waals surface area contributed by atoms with Crippen molar-refractivity contribution in [3.63, 3.8) is 0 Å². The first-order valence-corrected chi connectivity index (χ1v) is 8.95. The van der Waals surface area contributed by atoms with Crippen molar-refractivity contribution in [2.24, 2.45) is 5.92 Å². The summed E-state index contributed by atoms with van der Waals surface area (Å²) in [5.41, 5.74) is 0. The van der Waals surface area contributed by atoms with Gasteiger partial charge in [-0.3, -0.25) is 4.79 Å². The molecule has 8 nitrogen and oxygen atoms in total. The van der Waals surface area contributed by atoms with Gasteiger partial charge in [-0.2, -0.15) is 4.31 Å². The van der Waals surface area contributed by atoms with E-state index in [0.29, 0.717) is 5.75 Å². The number of nitrogens with zero attached hydrogens (tertiary/aromatic N) is 2. The minimum absolute atomic E-state index is 0.0726. The molecule has 1 aromatic rings. The third kappa shape index (κ3) is 2.94. The molecule has 2 fully saturated rings. The highest BCUT2D eigenvalue weighted by molar-refractivity contribution is 7.89. The molecular formula is C14H15ClN2O6S. The Morgan fingerprint density at radius 2 is 2.04 bits per heavy atom. The topological polar surface area (TPSA) is 93.2 Å². The number of carbonyl (C=O) groups excluding carboxylic acids is 2. The Labute approximate surface area is 143 Å². The number of rotatable bonds is 5. The van der Waals surface area contributed by atoms with Gasteiger partial charge in [-0.05, 0) is 18.2 Å². The zero-order chi connectivity index (χ0) is 17.5. The number of amides is 2. The van der Waals surface area contributed by atoms with Gasteiger partial charge in [-0.1, -0.05) is 11.6 Å². The van der Waals surface area contributed by atoms with E-state index in [1.54, 1.807) is 0 Å². The number of methoxy groups -OCH3 is 1. The van der Waals surface area contributed by atoms with E-state index in [4.69, 9.17) is 16.3 Å². The molecule has 0 saturated carbocycles. The average Bonchev–Trinajstić information content (AvgIpc) is 2.81. The molecule has 0 atom stereocenters. The molecule has 10 heteroatoms. The van der Waals surface area contributed by atoms with E-state index in [2.05, 4.69) is 4.74 Å². The Morgan fingerprint density at radius 1 is 1.33 bits per heavy atom. The second-order valence-corrected chi connectivity index (χ2v) is 7.89. The number of cyclic esters (lactones) is 1. The van der Waals surface area contributed by atoms with Gasteiger partial charge in [0.15, 0.2) is 6.61 Å². The molecule has 2 saturated heterocycles. The monoisotopic (exact) mass is 374 g/mol. The van der Waals surface area contributed by atoms with Gasteiger partial charge in [0.2, 0.25) is 10.0 Å². The first-order chi connectivity index (χ1) is 11.3. The predicted octanol–water partition coefficient (Wildman–Crippen LogP) is 0.948. The molecule has 1 aromatic carbocycles. The van der Waals surface area contributed by atoms with E-state index >= 15 is 0 Å². The van der Waals surface area contributed by atoms with Gasteiger partial charge >= 0.3 is 6.09 Å². The summed E-state index contributed by atoms with van der Waals surface area (Å²) >= 11 is 5.97. The van der Waals surface area contributed by atoms with E-state index in [1.807, 2.05) is 0 Å².